The van der Waals surface area contributed by atoms with Crippen LogP contribution in [0.5, 0.6) is 0 Å². The molecule has 0 unspecified atom stereocenters. The molecule has 118 valence electrons. The minimum atomic E-state index is -3.24. The van der Waals surface area contributed by atoms with Crippen LogP contribution in [0.25, 0.3) is 0 Å². The summed E-state index contributed by atoms with van der Waals surface area (Å²) in [5, 5.41) is 2.87. The molecule has 0 fully saturated rings. The number of sulfone groups is 1. The van der Waals surface area contributed by atoms with E-state index in [1.165, 1.54) is 6.26 Å². The van der Waals surface area contributed by atoms with Crippen LogP contribution in [-0.2, 0) is 21.2 Å². The summed E-state index contributed by atoms with van der Waals surface area (Å²) in [6, 6.07) is 5.26. The molecule has 0 aliphatic carbocycles. The summed E-state index contributed by atoms with van der Waals surface area (Å²) in [4.78, 5) is 12.3. The average molecular weight is 311 g/mol. The lowest BCUT2D eigenvalue weighted by Crippen LogP contribution is -2.28. The highest BCUT2D eigenvalue weighted by molar-refractivity contribution is 7.90. The molecular weight excluding hydrogens is 286 g/mol. The van der Waals surface area contributed by atoms with Crippen molar-refractivity contribution < 1.29 is 13.2 Å². The lowest BCUT2D eigenvalue weighted by atomic mass is 10.0. The fourth-order valence-electron chi connectivity index (χ4n) is 2.16. The van der Waals surface area contributed by atoms with Crippen molar-refractivity contribution in [1.29, 1.82) is 0 Å². The number of aryl methyl sites for hydroxylation is 1. The summed E-state index contributed by atoms with van der Waals surface area (Å²) in [6.45, 7) is 6.15. The molecule has 0 saturated heterocycles. The maximum absolute atomic E-state index is 11.9. The predicted octanol–water partition coefficient (Wildman–Crippen LogP) is 2.84. The van der Waals surface area contributed by atoms with Gasteiger partial charge < -0.3 is 5.32 Å². The van der Waals surface area contributed by atoms with Gasteiger partial charge in [-0.1, -0.05) is 38.8 Å². The summed E-state index contributed by atoms with van der Waals surface area (Å²) in [7, 11) is -3.24. The van der Waals surface area contributed by atoms with Crippen LogP contribution in [0.4, 0.5) is 0 Å². The van der Waals surface area contributed by atoms with E-state index < -0.39 is 9.84 Å². The Morgan fingerprint density at radius 3 is 2.57 bits per heavy atom. The van der Waals surface area contributed by atoms with Gasteiger partial charge in [0.15, 0.2) is 9.84 Å². The van der Waals surface area contributed by atoms with E-state index >= 15 is 0 Å². The molecule has 0 saturated carbocycles. The average Bonchev–Trinajstić information content (AvgIpc) is 2.42. The van der Waals surface area contributed by atoms with Crippen LogP contribution in [0.2, 0.25) is 0 Å². The lowest BCUT2D eigenvalue weighted by molar-refractivity contribution is -0.124. The minimum absolute atomic E-state index is 0.00947. The first kappa shape index (κ1) is 17.7. The van der Waals surface area contributed by atoms with Gasteiger partial charge >= 0.3 is 0 Å². The zero-order chi connectivity index (χ0) is 16.0. The molecule has 0 aromatic heterocycles. The fraction of sp³-hybridized carbons (Fsp3) is 0.562. The van der Waals surface area contributed by atoms with Crippen molar-refractivity contribution in [2.75, 3.05) is 6.26 Å². The second-order valence-electron chi connectivity index (χ2n) is 5.63. The van der Waals surface area contributed by atoms with Crippen molar-refractivity contribution in [3.63, 3.8) is 0 Å². The van der Waals surface area contributed by atoms with E-state index in [-0.39, 0.29) is 11.8 Å². The predicted molar refractivity (Wildman–Crippen MR) is 84.8 cm³/mol. The first-order chi connectivity index (χ1) is 9.75. The van der Waals surface area contributed by atoms with Crippen LogP contribution in [0.3, 0.4) is 0 Å². The Labute approximate surface area is 127 Å². The third-order valence-corrected chi connectivity index (χ3v) is 4.80. The molecule has 0 bridgehead atoms. The lowest BCUT2D eigenvalue weighted by Gasteiger charge is -2.12. The van der Waals surface area contributed by atoms with Crippen LogP contribution in [0, 0.1) is 12.8 Å². The number of hydrogen-bond donors (Lipinski definition) is 1. The standard InChI is InChI=1S/C16H25NO3S/c1-5-6-7-13(3)16(18)17-11-14-9-8-12(2)15(10-14)21(4,19)20/h8-10,13H,5-7,11H2,1-4H3,(H,17,18)/t13-/m1/s1. The topological polar surface area (TPSA) is 63.2 Å². The Kier molecular flexibility index (Phi) is 6.40. The number of nitrogens with one attached hydrogen (secondary N) is 1. The van der Waals surface area contributed by atoms with Crippen molar-refractivity contribution >= 4 is 15.7 Å². The molecule has 1 amide bonds. The minimum Gasteiger partial charge on any atom is -0.352 e. The number of amides is 1. The van der Waals surface area contributed by atoms with Crippen molar-refractivity contribution in [3.05, 3.63) is 29.3 Å². The molecule has 1 aromatic rings. The molecular formula is C16H25NO3S. The molecule has 5 heteroatoms. The Bertz CT molecular complexity index is 594. The highest BCUT2D eigenvalue weighted by atomic mass is 32.2. The first-order valence-electron chi connectivity index (χ1n) is 7.33. The van der Waals surface area contributed by atoms with E-state index in [9.17, 15) is 13.2 Å². The number of rotatable bonds is 7. The van der Waals surface area contributed by atoms with E-state index in [4.69, 9.17) is 0 Å². The summed E-state index contributed by atoms with van der Waals surface area (Å²) in [5.74, 6) is 0.00899. The SMILES string of the molecule is CCCC[C@@H](C)C(=O)NCc1ccc(C)c(S(C)(=O)=O)c1. The molecule has 0 spiro atoms. The third kappa shape index (κ3) is 5.50. The van der Waals surface area contributed by atoms with Gasteiger partial charge in [-0.3, -0.25) is 4.79 Å². The Hall–Kier alpha value is -1.36. The highest BCUT2D eigenvalue weighted by Gasteiger charge is 2.14. The monoisotopic (exact) mass is 311 g/mol. The number of carbonyl (C=O) groups excluding carboxylic acids is 1. The largest absolute Gasteiger partial charge is 0.352 e. The summed E-state index contributed by atoms with van der Waals surface area (Å²) in [6.07, 6.45) is 4.19. The molecule has 21 heavy (non-hydrogen) atoms. The molecule has 1 aromatic carbocycles. The van der Waals surface area contributed by atoms with Crippen molar-refractivity contribution in [1.82, 2.24) is 5.32 Å². The Morgan fingerprint density at radius 1 is 1.33 bits per heavy atom. The highest BCUT2D eigenvalue weighted by Crippen LogP contribution is 2.17. The zero-order valence-electron chi connectivity index (χ0n) is 13.3. The Morgan fingerprint density at radius 2 is 2.00 bits per heavy atom. The summed E-state index contributed by atoms with van der Waals surface area (Å²) < 4.78 is 23.4. The third-order valence-electron chi connectivity index (χ3n) is 3.56. The number of hydrogen-bond acceptors (Lipinski definition) is 3. The Balaban J connectivity index is 2.70. The van der Waals surface area contributed by atoms with Crippen LogP contribution in [0.1, 0.15) is 44.2 Å². The maximum atomic E-state index is 11.9. The zero-order valence-corrected chi connectivity index (χ0v) is 14.1. The van der Waals surface area contributed by atoms with Gasteiger partial charge in [0.05, 0.1) is 4.90 Å². The van der Waals surface area contributed by atoms with Gasteiger partial charge in [-0.15, -0.1) is 0 Å². The molecule has 0 aliphatic rings. The number of unbranched alkanes of at least 4 members (excludes halogenated alkanes) is 1. The van der Waals surface area contributed by atoms with Crippen LogP contribution in [-0.4, -0.2) is 20.6 Å². The van der Waals surface area contributed by atoms with Gasteiger partial charge in [-0.2, -0.15) is 0 Å². The molecule has 4 nitrogen and oxygen atoms in total. The molecule has 0 aliphatic heterocycles. The van der Waals surface area contributed by atoms with Gasteiger partial charge in [0.25, 0.3) is 0 Å². The smallest absolute Gasteiger partial charge is 0.223 e. The summed E-state index contributed by atoms with van der Waals surface area (Å²) >= 11 is 0. The van der Waals surface area contributed by atoms with Crippen LogP contribution < -0.4 is 5.32 Å². The molecule has 1 N–H and O–H groups in total. The normalized spacial score (nSPS) is 13.0. The van der Waals surface area contributed by atoms with Gasteiger partial charge in [0.1, 0.15) is 0 Å². The molecule has 1 atom stereocenters. The number of carbonyl (C=O) groups is 1. The van der Waals surface area contributed by atoms with E-state index in [0.717, 1.165) is 30.4 Å². The van der Waals surface area contributed by atoms with E-state index in [0.29, 0.717) is 11.4 Å². The van der Waals surface area contributed by atoms with Crippen molar-refractivity contribution in [3.8, 4) is 0 Å². The van der Waals surface area contributed by atoms with E-state index in [2.05, 4.69) is 12.2 Å². The van der Waals surface area contributed by atoms with E-state index in [1.54, 1.807) is 19.1 Å². The fourth-order valence-corrected chi connectivity index (χ4v) is 3.18. The van der Waals surface area contributed by atoms with Gasteiger partial charge in [0, 0.05) is 18.7 Å². The first-order valence-corrected chi connectivity index (χ1v) is 9.22. The second kappa shape index (κ2) is 7.59. The second-order valence-corrected chi connectivity index (χ2v) is 7.62. The van der Waals surface area contributed by atoms with Crippen LogP contribution in [0.15, 0.2) is 23.1 Å². The van der Waals surface area contributed by atoms with Gasteiger partial charge in [-0.05, 0) is 30.5 Å². The van der Waals surface area contributed by atoms with Gasteiger partial charge in [0.2, 0.25) is 5.91 Å². The van der Waals surface area contributed by atoms with Crippen molar-refractivity contribution in [2.45, 2.75) is 51.5 Å². The van der Waals surface area contributed by atoms with E-state index in [1.807, 2.05) is 13.0 Å². The molecule has 1 rings (SSSR count). The quantitative estimate of drug-likeness (QED) is 0.842. The van der Waals surface area contributed by atoms with Crippen molar-refractivity contribution in [2.24, 2.45) is 5.92 Å². The van der Waals surface area contributed by atoms with Crippen LogP contribution >= 0.6 is 0 Å². The number of benzene rings is 1. The van der Waals surface area contributed by atoms with Gasteiger partial charge in [-0.25, -0.2) is 8.42 Å². The molecule has 0 heterocycles. The molecule has 0 radical (unpaired) electrons. The maximum Gasteiger partial charge on any atom is 0.223 e. The summed E-state index contributed by atoms with van der Waals surface area (Å²) in [5.41, 5.74) is 1.53.